The number of hydrogen-bond donors (Lipinski definition) is 0. The van der Waals surface area contributed by atoms with Crippen LogP contribution in [0.25, 0.3) is 0 Å². The van der Waals surface area contributed by atoms with Crippen molar-refractivity contribution in [3.05, 3.63) is 64.1 Å². The van der Waals surface area contributed by atoms with Crippen LogP contribution in [0.15, 0.2) is 58.2 Å². The minimum Gasteiger partial charge on any atom is -0.497 e. The van der Waals surface area contributed by atoms with E-state index in [2.05, 4.69) is 31.5 Å². The molecule has 1 heterocycles. The first-order valence-electron chi connectivity index (χ1n) is 7.92. The van der Waals surface area contributed by atoms with Gasteiger partial charge in [-0.1, -0.05) is 52.0 Å². The zero-order chi connectivity index (χ0) is 18.5. The van der Waals surface area contributed by atoms with Crippen molar-refractivity contribution in [2.45, 2.75) is 23.9 Å². The van der Waals surface area contributed by atoms with E-state index in [1.54, 1.807) is 11.8 Å². The number of tetrazole rings is 1. The summed E-state index contributed by atoms with van der Waals surface area (Å²) in [5, 5.41) is 12.2. The summed E-state index contributed by atoms with van der Waals surface area (Å²) in [6, 6.07) is 15.1. The third kappa shape index (κ3) is 4.50. The van der Waals surface area contributed by atoms with Crippen LogP contribution >= 0.6 is 27.7 Å². The monoisotopic (exact) mass is 432 g/mol. The molecule has 0 aliphatic rings. The number of ether oxygens (including phenoxy) is 1. The van der Waals surface area contributed by atoms with Gasteiger partial charge in [0.1, 0.15) is 5.75 Å². The van der Waals surface area contributed by atoms with Crippen LogP contribution in [0.4, 0.5) is 0 Å². The molecular formula is C18H17BrN4O2S. The first-order chi connectivity index (χ1) is 12.6. The molecule has 0 spiro atoms. The molecule has 1 unspecified atom stereocenters. The summed E-state index contributed by atoms with van der Waals surface area (Å²) < 4.78 is 7.80. The van der Waals surface area contributed by atoms with E-state index >= 15 is 0 Å². The molecule has 2 aromatic carbocycles. The molecule has 1 aromatic heterocycles. The molecule has 3 rings (SSSR count). The molecule has 0 aliphatic heterocycles. The Labute approximate surface area is 164 Å². The molecule has 3 aromatic rings. The van der Waals surface area contributed by atoms with E-state index in [0.29, 0.717) is 17.3 Å². The maximum absolute atomic E-state index is 12.6. The minimum atomic E-state index is -0.295. The van der Waals surface area contributed by atoms with Crippen molar-refractivity contribution in [2.24, 2.45) is 0 Å². The molecule has 0 bridgehead atoms. The second-order valence-electron chi connectivity index (χ2n) is 5.60. The fraction of sp³-hybridized carbons (Fsp3) is 0.222. The zero-order valence-electron chi connectivity index (χ0n) is 14.3. The van der Waals surface area contributed by atoms with Gasteiger partial charge < -0.3 is 4.74 Å². The van der Waals surface area contributed by atoms with Crippen molar-refractivity contribution < 1.29 is 9.53 Å². The Kier molecular flexibility index (Phi) is 6.05. The van der Waals surface area contributed by atoms with E-state index in [0.717, 1.165) is 15.8 Å². The van der Waals surface area contributed by atoms with Gasteiger partial charge in [0.05, 0.1) is 18.9 Å². The molecular weight excluding hydrogens is 416 g/mol. The van der Waals surface area contributed by atoms with Gasteiger partial charge in [-0.3, -0.25) is 4.79 Å². The predicted octanol–water partition coefficient (Wildman–Crippen LogP) is 3.86. The molecule has 0 fully saturated rings. The topological polar surface area (TPSA) is 69.9 Å². The van der Waals surface area contributed by atoms with E-state index in [4.69, 9.17) is 4.74 Å². The average molecular weight is 433 g/mol. The maximum Gasteiger partial charge on any atom is 0.210 e. The fourth-order valence-electron chi connectivity index (χ4n) is 2.34. The zero-order valence-corrected chi connectivity index (χ0v) is 16.7. The number of ketones is 1. The number of carbonyl (C=O) groups excluding carboxylic acids is 1. The molecule has 6 nitrogen and oxygen atoms in total. The minimum absolute atomic E-state index is 0.0431. The lowest BCUT2D eigenvalue weighted by Gasteiger charge is -2.10. The number of rotatable bonds is 7. The standard InChI is InChI=1S/C18H17BrN4O2S/c1-12(17(24)14-5-7-15(19)8-6-14)26-18-20-21-22-23(18)11-13-3-9-16(25-2)10-4-13/h3-10,12H,11H2,1-2H3. The Morgan fingerprint density at radius 3 is 2.54 bits per heavy atom. The highest BCUT2D eigenvalue weighted by Crippen LogP contribution is 2.24. The van der Waals surface area contributed by atoms with Crippen LogP contribution in [0.5, 0.6) is 5.75 Å². The van der Waals surface area contributed by atoms with Crippen LogP contribution in [0.2, 0.25) is 0 Å². The van der Waals surface area contributed by atoms with Crippen molar-refractivity contribution in [3.63, 3.8) is 0 Å². The van der Waals surface area contributed by atoms with Crippen molar-refractivity contribution in [2.75, 3.05) is 7.11 Å². The van der Waals surface area contributed by atoms with E-state index in [-0.39, 0.29) is 11.0 Å². The summed E-state index contributed by atoms with van der Waals surface area (Å²) in [4.78, 5) is 12.6. The van der Waals surface area contributed by atoms with Crippen molar-refractivity contribution in [1.29, 1.82) is 0 Å². The Morgan fingerprint density at radius 2 is 1.88 bits per heavy atom. The molecule has 8 heteroatoms. The molecule has 0 amide bonds. The van der Waals surface area contributed by atoms with Crippen LogP contribution in [-0.4, -0.2) is 38.4 Å². The summed E-state index contributed by atoms with van der Waals surface area (Å²) in [6.07, 6.45) is 0. The van der Waals surface area contributed by atoms with Gasteiger partial charge in [-0.05, 0) is 47.2 Å². The first-order valence-corrected chi connectivity index (χ1v) is 9.59. The number of nitrogens with zero attached hydrogens (tertiary/aromatic N) is 4. The van der Waals surface area contributed by atoms with Gasteiger partial charge in [0.2, 0.25) is 5.16 Å². The van der Waals surface area contributed by atoms with Gasteiger partial charge in [0.25, 0.3) is 0 Å². The van der Waals surface area contributed by atoms with Gasteiger partial charge in [-0.15, -0.1) is 5.10 Å². The third-order valence-electron chi connectivity index (χ3n) is 3.77. The highest BCUT2D eigenvalue weighted by atomic mass is 79.9. The third-order valence-corrected chi connectivity index (χ3v) is 5.37. The highest BCUT2D eigenvalue weighted by Gasteiger charge is 2.20. The SMILES string of the molecule is COc1ccc(Cn2nnnc2SC(C)C(=O)c2ccc(Br)cc2)cc1. The number of carbonyl (C=O) groups is 1. The highest BCUT2D eigenvalue weighted by molar-refractivity contribution is 9.10. The maximum atomic E-state index is 12.6. The number of thioether (sulfide) groups is 1. The first kappa shape index (κ1) is 18.6. The van der Waals surface area contributed by atoms with Crippen LogP contribution < -0.4 is 4.74 Å². The summed E-state index contributed by atoms with van der Waals surface area (Å²) >= 11 is 4.73. The van der Waals surface area contributed by atoms with Crippen LogP contribution in [-0.2, 0) is 6.54 Å². The number of hydrogen-bond acceptors (Lipinski definition) is 6. The van der Waals surface area contributed by atoms with Crippen LogP contribution in [0.1, 0.15) is 22.8 Å². The lowest BCUT2D eigenvalue weighted by molar-refractivity contribution is 0.0994. The molecule has 0 radical (unpaired) electrons. The Bertz CT molecular complexity index is 881. The summed E-state index contributed by atoms with van der Waals surface area (Å²) in [6.45, 7) is 2.39. The quantitative estimate of drug-likeness (QED) is 0.417. The van der Waals surface area contributed by atoms with Gasteiger partial charge in [-0.2, -0.15) is 0 Å². The van der Waals surface area contributed by atoms with Crippen LogP contribution in [0, 0.1) is 0 Å². The Morgan fingerprint density at radius 1 is 1.19 bits per heavy atom. The Balaban J connectivity index is 1.69. The molecule has 26 heavy (non-hydrogen) atoms. The molecule has 0 saturated carbocycles. The summed E-state index contributed by atoms with van der Waals surface area (Å²) in [5.41, 5.74) is 1.72. The molecule has 1 atom stereocenters. The van der Waals surface area contributed by atoms with Crippen molar-refractivity contribution in [1.82, 2.24) is 20.2 Å². The number of aromatic nitrogens is 4. The molecule has 134 valence electrons. The summed E-state index contributed by atoms with van der Waals surface area (Å²) in [7, 11) is 1.63. The van der Waals surface area contributed by atoms with Gasteiger partial charge in [0.15, 0.2) is 5.78 Å². The largest absolute Gasteiger partial charge is 0.497 e. The van der Waals surface area contributed by atoms with Crippen molar-refractivity contribution in [3.8, 4) is 5.75 Å². The van der Waals surface area contributed by atoms with Gasteiger partial charge in [-0.25, -0.2) is 4.68 Å². The van der Waals surface area contributed by atoms with E-state index in [1.165, 1.54) is 11.8 Å². The van der Waals surface area contributed by atoms with E-state index in [1.807, 2.05) is 55.5 Å². The average Bonchev–Trinajstić information content (AvgIpc) is 3.09. The number of benzene rings is 2. The lowest BCUT2D eigenvalue weighted by atomic mass is 10.1. The second kappa shape index (κ2) is 8.46. The summed E-state index contributed by atoms with van der Waals surface area (Å²) in [5.74, 6) is 0.843. The van der Waals surface area contributed by atoms with E-state index in [9.17, 15) is 4.79 Å². The molecule has 0 N–H and O–H groups in total. The number of methoxy groups -OCH3 is 1. The number of halogens is 1. The van der Waals surface area contributed by atoms with Crippen molar-refractivity contribution >= 4 is 33.5 Å². The smallest absolute Gasteiger partial charge is 0.210 e. The second-order valence-corrected chi connectivity index (χ2v) is 7.82. The van der Waals surface area contributed by atoms with Crippen LogP contribution in [0.3, 0.4) is 0 Å². The molecule has 0 aliphatic carbocycles. The van der Waals surface area contributed by atoms with Gasteiger partial charge in [0, 0.05) is 10.0 Å². The Hall–Kier alpha value is -2.19. The lowest BCUT2D eigenvalue weighted by Crippen LogP contribution is -2.15. The van der Waals surface area contributed by atoms with E-state index < -0.39 is 0 Å². The normalized spacial score (nSPS) is 12.0. The molecule has 0 saturated heterocycles. The number of Topliss-reactive ketones (excluding diaryl/α,β-unsaturated/α-hetero) is 1. The predicted molar refractivity (Wildman–Crippen MR) is 104 cm³/mol. The van der Waals surface area contributed by atoms with Gasteiger partial charge >= 0.3 is 0 Å². The fourth-order valence-corrected chi connectivity index (χ4v) is 3.47.